The molecule has 1 fully saturated rings. The van der Waals surface area contributed by atoms with Crippen LogP contribution >= 0.6 is 0 Å². The van der Waals surface area contributed by atoms with Crippen molar-refractivity contribution in [1.82, 2.24) is 9.88 Å². The number of aromatic amines is 1. The van der Waals surface area contributed by atoms with E-state index in [9.17, 15) is 4.79 Å². The Morgan fingerprint density at radius 2 is 2.14 bits per heavy atom. The van der Waals surface area contributed by atoms with Gasteiger partial charge in [-0.25, -0.2) is 4.79 Å². The number of anilines is 2. The molecule has 4 N–H and O–H groups in total. The Hall–Kier alpha value is -1.95. The van der Waals surface area contributed by atoms with Crippen LogP contribution in [0.1, 0.15) is 26.2 Å². The molecule has 2 heterocycles. The van der Waals surface area contributed by atoms with Crippen LogP contribution in [0.5, 0.6) is 0 Å². The van der Waals surface area contributed by atoms with Crippen LogP contribution in [0.25, 0.3) is 11.1 Å². The fraction of sp³-hybridized carbons (Fsp3) is 0.533. The number of H-pyrrole nitrogens is 1. The predicted molar refractivity (Wildman–Crippen MR) is 84.6 cm³/mol. The van der Waals surface area contributed by atoms with Crippen molar-refractivity contribution in [2.24, 2.45) is 0 Å². The summed E-state index contributed by atoms with van der Waals surface area (Å²) >= 11 is 0. The molecule has 2 aromatic rings. The van der Waals surface area contributed by atoms with Gasteiger partial charge in [0.05, 0.1) is 16.9 Å². The molecule has 0 bridgehead atoms. The number of oxazole rings is 1. The summed E-state index contributed by atoms with van der Waals surface area (Å²) in [6.07, 6.45) is 3.92. The van der Waals surface area contributed by atoms with E-state index in [0.717, 1.165) is 12.2 Å². The molecule has 0 saturated carbocycles. The number of nitrogens with two attached hydrogens (primary N) is 1. The van der Waals surface area contributed by atoms with Crippen LogP contribution in [-0.4, -0.2) is 35.6 Å². The summed E-state index contributed by atoms with van der Waals surface area (Å²) in [6, 6.07) is 3.81. The van der Waals surface area contributed by atoms with Crippen molar-refractivity contribution in [1.29, 1.82) is 0 Å². The lowest BCUT2D eigenvalue weighted by atomic mass is 10.1. The number of fused-ring (bicyclic) bond motifs is 1. The number of piperidine rings is 1. The monoisotopic (exact) mass is 290 g/mol. The number of aromatic nitrogens is 1. The lowest BCUT2D eigenvalue weighted by Gasteiger charge is -2.29. The molecule has 0 spiro atoms. The molecule has 6 heteroatoms. The van der Waals surface area contributed by atoms with Crippen molar-refractivity contribution < 1.29 is 4.42 Å². The van der Waals surface area contributed by atoms with E-state index >= 15 is 0 Å². The molecule has 1 atom stereocenters. The average Bonchev–Trinajstić information content (AvgIpc) is 2.79. The molecule has 1 aliphatic rings. The number of nitrogens with one attached hydrogen (secondary N) is 2. The highest BCUT2D eigenvalue weighted by atomic mass is 16.4. The number of nitrogen functional groups attached to an aromatic ring is 1. The van der Waals surface area contributed by atoms with Gasteiger partial charge < -0.3 is 20.4 Å². The summed E-state index contributed by atoms with van der Waals surface area (Å²) in [6.45, 7) is 5.50. The summed E-state index contributed by atoms with van der Waals surface area (Å²) in [7, 11) is 0. The Morgan fingerprint density at radius 3 is 2.90 bits per heavy atom. The van der Waals surface area contributed by atoms with Crippen LogP contribution in [0, 0.1) is 0 Å². The summed E-state index contributed by atoms with van der Waals surface area (Å²) in [5.74, 6) is -0.456. The van der Waals surface area contributed by atoms with Gasteiger partial charge in [0.15, 0.2) is 5.58 Å². The molecule has 1 aromatic carbocycles. The Labute approximate surface area is 123 Å². The first-order valence-corrected chi connectivity index (χ1v) is 7.53. The maximum absolute atomic E-state index is 11.2. The molecule has 0 radical (unpaired) electrons. The highest BCUT2D eigenvalue weighted by Crippen LogP contribution is 2.25. The van der Waals surface area contributed by atoms with Crippen molar-refractivity contribution in [3.63, 3.8) is 0 Å². The maximum Gasteiger partial charge on any atom is 0.417 e. The third kappa shape index (κ3) is 3.21. The average molecular weight is 290 g/mol. The van der Waals surface area contributed by atoms with Crippen molar-refractivity contribution in [2.75, 3.05) is 30.7 Å². The van der Waals surface area contributed by atoms with Crippen LogP contribution in [0.4, 0.5) is 11.4 Å². The number of nitrogens with zero attached hydrogens (tertiary/aromatic N) is 1. The molecule has 1 aromatic heterocycles. The van der Waals surface area contributed by atoms with Gasteiger partial charge in [-0.3, -0.25) is 4.98 Å². The molecular weight excluding hydrogens is 268 g/mol. The van der Waals surface area contributed by atoms with Gasteiger partial charge in [0.1, 0.15) is 0 Å². The summed E-state index contributed by atoms with van der Waals surface area (Å²) < 4.78 is 5.00. The molecule has 3 rings (SSSR count). The fourth-order valence-electron chi connectivity index (χ4n) is 2.98. The molecule has 114 valence electrons. The number of benzene rings is 1. The Morgan fingerprint density at radius 1 is 1.38 bits per heavy atom. The predicted octanol–water partition coefficient (Wildman–Crippen LogP) is 1.99. The van der Waals surface area contributed by atoms with Gasteiger partial charge in [-0.05, 0) is 38.9 Å². The largest absolute Gasteiger partial charge is 0.417 e. The molecule has 1 saturated heterocycles. The van der Waals surface area contributed by atoms with E-state index in [2.05, 4.69) is 22.1 Å². The Bertz CT molecular complexity index is 670. The van der Waals surface area contributed by atoms with Gasteiger partial charge in [-0.2, -0.15) is 0 Å². The topological polar surface area (TPSA) is 87.3 Å². The normalized spacial score (nSPS) is 18.0. The quantitative estimate of drug-likeness (QED) is 0.750. The maximum atomic E-state index is 11.2. The second kappa shape index (κ2) is 5.81. The molecule has 0 amide bonds. The van der Waals surface area contributed by atoms with Gasteiger partial charge in [0.2, 0.25) is 0 Å². The van der Waals surface area contributed by atoms with Crippen LogP contribution in [0.3, 0.4) is 0 Å². The number of rotatable bonds is 4. The van der Waals surface area contributed by atoms with E-state index in [1.165, 1.54) is 32.4 Å². The van der Waals surface area contributed by atoms with Crippen LogP contribution in [-0.2, 0) is 0 Å². The van der Waals surface area contributed by atoms with E-state index in [0.29, 0.717) is 22.8 Å². The standard InChI is InChI=1S/C15H22N4O2/c1-10(9-19-5-3-2-4-6-19)17-12-8-13-14(7-11(12)16)21-15(20)18-13/h7-8,10,17H,2-6,9,16H2,1H3,(H,18,20). The second-order valence-corrected chi connectivity index (χ2v) is 5.86. The van der Waals surface area contributed by atoms with Gasteiger partial charge in [-0.1, -0.05) is 6.42 Å². The zero-order valence-electron chi connectivity index (χ0n) is 12.3. The van der Waals surface area contributed by atoms with Crippen LogP contribution < -0.4 is 16.8 Å². The molecule has 6 nitrogen and oxygen atoms in total. The van der Waals surface area contributed by atoms with Gasteiger partial charge in [0.25, 0.3) is 0 Å². The van der Waals surface area contributed by atoms with Gasteiger partial charge in [0, 0.05) is 18.7 Å². The zero-order valence-corrected chi connectivity index (χ0v) is 12.3. The third-order valence-corrected chi connectivity index (χ3v) is 3.97. The van der Waals surface area contributed by atoms with Gasteiger partial charge >= 0.3 is 5.76 Å². The number of hydrogen-bond acceptors (Lipinski definition) is 5. The minimum atomic E-state index is -0.456. The first-order chi connectivity index (χ1) is 10.1. The lowest BCUT2D eigenvalue weighted by molar-refractivity contribution is 0.223. The third-order valence-electron chi connectivity index (χ3n) is 3.97. The fourth-order valence-corrected chi connectivity index (χ4v) is 2.98. The summed E-state index contributed by atoms with van der Waals surface area (Å²) in [5, 5.41) is 3.43. The molecule has 21 heavy (non-hydrogen) atoms. The summed E-state index contributed by atoms with van der Waals surface area (Å²) in [5.41, 5.74) is 8.62. The minimum absolute atomic E-state index is 0.293. The van der Waals surface area contributed by atoms with E-state index < -0.39 is 5.76 Å². The summed E-state index contributed by atoms with van der Waals surface area (Å²) in [4.78, 5) is 16.3. The van der Waals surface area contributed by atoms with Crippen LogP contribution in [0.2, 0.25) is 0 Å². The highest BCUT2D eigenvalue weighted by molar-refractivity contribution is 5.85. The van der Waals surface area contributed by atoms with Gasteiger partial charge in [-0.15, -0.1) is 0 Å². The first kappa shape index (κ1) is 14.0. The molecular formula is C15H22N4O2. The zero-order chi connectivity index (χ0) is 14.8. The molecule has 1 aliphatic heterocycles. The van der Waals surface area contributed by atoms with E-state index in [4.69, 9.17) is 10.2 Å². The van der Waals surface area contributed by atoms with Crippen molar-refractivity contribution in [3.8, 4) is 0 Å². The highest BCUT2D eigenvalue weighted by Gasteiger charge is 2.14. The van der Waals surface area contributed by atoms with Crippen molar-refractivity contribution in [2.45, 2.75) is 32.2 Å². The smallest absolute Gasteiger partial charge is 0.408 e. The SMILES string of the molecule is CC(CN1CCCCC1)Nc1cc2[nH]c(=O)oc2cc1N. The van der Waals surface area contributed by atoms with Crippen molar-refractivity contribution >= 4 is 22.5 Å². The van der Waals surface area contributed by atoms with Crippen molar-refractivity contribution in [3.05, 3.63) is 22.7 Å². The lowest BCUT2D eigenvalue weighted by Crippen LogP contribution is -2.38. The first-order valence-electron chi connectivity index (χ1n) is 7.53. The minimum Gasteiger partial charge on any atom is -0.408 e. The Kier molecular flexibility index (Phi) is 3.88. The Balaban J connectivity index is 1.71. The number of hydrogen-bond donors (Lipinski definition) is 3. The van der Waals surface area contributed by atoms with E-state index in [-0.39, 0.29) is 0 Å². The molecule has 1 unspecified atom stereocenters. The number of likely N-dealkylation sites (tertiary alicyclic amines) is 1. The van der Waals surface area contributed by atoms with Crippen LogP contribution in [0.15, 0.2) is 21.3 Å². The van der Waals surface area contributed by atoms with E-state index in [1.54, 1.807) is 6.07 Å². The van der Waals surface area contributed by atoms with E-state index in [1.807, 2.05) is 6.07 Å². The second-order valence-electron chi connectivity index (χ2n) is 5.86. The molecule has 0 aliphatic carbocycles.